The highest BCUT2D eigenvalue weighted by Gasteiger charge is 2.10. The first-order valence-electron chi connectivity index (χ1n) is 6.83. The normalized spacial score (nSPS) is 10.4. The molecule has 0 radical (unpaired) electrons. The lowest BCUT2D eigenvalue weighted by Gasteiger charge is -2.07. The number of aromatic hydroxyl groups is 1. The van der Waals surface area contributed by atoms with Crippen LogP contribution in [0.25, 0.3) is 0 Å². The summed E-state index contributed by atoms with van der Waals surface area (Å²) in [5, 5.41) is 12.5. The fourth-order valence-electron chi connectivity index (χ4n) is 1.89. The minimum absolute atomic E-state index is 0.0179. The van der Waals surface area contributed by atoms with E-state index in [0.717, 1.165) is 11.3 Å². The summed E-state index contributed by atoms with van der Waals surface area (Å²) in [4.78, 5) is 13.2. The van der Waals surface area contributed by atoms with Crippen molar-refractivity contribution in [3.8, 4) is 5.75 Å². The van der Waals surface area contributed by atoms with Crippen LogP contribution in [0.3, 0.4) is 0 Å². The number of thioether (sulfide) groups is 1. The van der Waals surface area contributed by atoms with Crippen LogP contribution in [-0.2, 0) is 0 Å². The van der Waals surface area contributed by atoms with Gasteiger partial charge in [0.05, 0.1) is 5.56 Å². The van der Waals surface area contributed by atoms with Crippen molar-refractivity contribution >= 4 is 17.7 Å². The van der Waals surface area contributed by atoms with Gasteiger partial charge in [0.2, 0.25) is 0 Å². The fraction of sp³-hybridized carbons (Fsp3) is 0.235. The number of carbonyl (C=O) groups excluding carboxylic acids is 1. The molecule has 2 aromatic rings. The molecule has 2 aromatic carbocycles. The number of carbonyl (C=O) groups is 1. The Labute approximate surface area is 129 Å². The van der Waals surface area contributed by atoms with E-state index in [0.29, 0.717) is 12.1 Å². The molecule has 0 saturated carbocycles. The first kappa shape index (κ1) is 15.4. The SMILES string of the molecule is Cc1ccc(SCCNC(=O)c2cc(C)ccc2O)cc1. The van der Waals surface area contributed by atoms with Gasteiger partial charge in [0.15, 0.2) is 0 Å². The zero-order valence-corrected chi connectivity index (χ0v) is 13.0. The number of phenols is 1. The predicted molar refractivity (Wildman–Crippen MR) is 87.1 cm³/mol. The van der Waals surface area contributed by atoms with Crippen LogP contribution in [0.4, 0.5) is 0 Å². The molecule has 0 aliphatic rings. The smallest absolute Gasteiger partial charge is 0.255 e. The zero-order chi connectivity index (χ0) is 15.2. The van der Waals surface area contributed by atoms with Gasteiger partial charge in [0.25, 0.3) is 5.91 Å². The van der Waals surface area contributed by atoms with Gasteiger partial charge < -0.3 is 10.4 Å². The molecule has 0 spiro atoms. The Bertz CT molecular complexity index is 623. The van der Waals surface area contributed by atoms with Crippen LogP contribution in [0.5, 0.6) is 5.75 Å². The topological polar surface area (TPSA) is 49.3 Å². The van der Waals surface area contributed by atoms with E-state index in [4.69, 9.17) is 0 Å². The molecule has 0 aliphatic carbocycles. The molecular formula is C17H19NO2S. The lowest BCUT2D eigenvalue weighted by atomic mass is 10.1. The highest BCUT2D eigenvalue weighted by Crippen LogP contribution is 2.19. The summed E-state index contributed by atoms with van der Waals surface area (Å²) >= 11 is 1.70. The molecular weight excluding hydrogens is 282 g/mol. The number of nitrogens with one attached hydrogen (secondary N) is 1. The molecule has 0 saturated heterocycles. The second-order valence-corrected chi connectivity index (χ2v) is 6.11. The van der Waals surface area contributed by atoms with Crippen LogP contribution in [0.2, 0.25) is 0 Å². The van der Waals surface area contributed by atoms with E-state index < -0.39 is 0 Å². The lowest BCUT2D eigenvalue weighted by Crippen LogP contribution is -2.25. The van der Waals surface area contributed by atoms with Crippen molar-refractivity contribution < 1.29 is 9.90 Å². The largest absolute Gasteiger partial charge is 0.507 e. The van der Waals surface area contributed by atoms with Gasteiger partial charge in [0, 0.05) is 17.2 Å². The maximum absolute atomic E-state index is 12.0. The second-order valence-electron chi connectivity index (χ2n) is 4.94. The van der Waals surface area contributed by atoms with E-state index in [1.807, 2.05) is 6.92 Å². The predicted octanol–water partition coefficient (Wildman–Crippen LogP) is 3.53. The lowest BCUT2D eigenvalue weighted by molar-refractivity contribution is 0.0953. The third-order valence-corrected chi connectivity index (χ3v) is 4.09. The fourth-order valence-corrected chi connectivity index (χ4v) is 2.66. The molecule has 1 amide bonds. The van der Waals surface area contributed by atoms with Crippen molar-refractivity contribution in [3.63, 3.8) is 0 Å². The second kappa shape index (κ2) is 7.18. The summed E-state index contributed by atoms with van der Waals surface area (Å²) in [5.41, 5.74) is 2.52. The van der Waals surface area contributed by atoms with Gasteiger partial charge in [-0.1, -0.05) is 29.3 Å². The van der Waals surface area contributed by atoms with E-state index >= 15 is 0 Å². The summed E-state index contributed by atoms with van der Waals surface area (Å²) in [6.45, 7) is 4.51. The summed E-state index contributed by atoms with van der Waals surface area (Å²) in [7, 11) is 0. The molecule has 2 rings (SSSR count). The molecule has 0 fully saturated rings. The Morgan fingerprint density at radius 3 is 2.48 bits per heavy atom. The number of benzene rings is 2. The standard InChI is InChI=1S/C17H19NO2S/c1-12-3-6-14(7-4-12)21-10-9-18-17(20)15-11-13(2)5-8-16(15)19/h3-8,11,19H,9-10H2,1-2H3,(H,18,20). The van der Waals surface area contributed by atoms with Crippen molar-refractivity contribution in [1.82, 2.24) is 5.32 Å². The molecule has 0 bridgehead atoms. The van der Waals surface area contributed by atoms with Crippen LogP contribution in [0, 0.1) is 13.8 Å². The molecule has 0 heterocycles. The number of aryl methyl sites for hydroxylation is 2. The molecule has 2 N–H and O–H groups in total. The summed E-state index contributed by atoms with van der Waals surface area (Å²) < 4.78 is 0. The first-order valence-corrected chi connectivity index (χ1v) is 7.82. The van der Waals surface area contributed by atoms with Gasteiger partial charge in [-0.2, -0.15) is 0 Å². The van der Waals surface area contributed by atoms with Crippen LogP contribution in [0.15, 0.2) is 47.4 Å². The average molecular weight is 301 g/mol. The maximum Gasteiger partial charge on any atom is 0.255 e. The van der Waals surface area contributed by atoms with Crippen molar-refractivity contribution in [2.45, 2.75) is 18.7 Å². The minimum Gasteiger partial charge on any atom is -0.507 e. The first-order chi connectivity index (χ1) is 10.1. The molecule has 3 nitrogen and oxygen atoms in total. The van der Waals surface area contributed by atoms with Gasteiger partial charge in [-0.25, -0.2) is 0 Å². The van der Waals surface area contributed by atoms with Gasteiger partial charge in [-0.15, -0.1) is 11.8 Å². The van der Waals surface area contributed by atoms with Gasteiger partial charge >= 0.3 is 0 Å². The molecule has 0 atom stereocenters. The summed E-state index contributed by atoms with van der Waals surface area (Å²) in [6.07, 6.45) is 0. The van der Waals surface area contributed by atoms with Gasteiger partial charge in [-0.05, 0) is 38.1 Å². The number of rotatable bonds is 5. The van der Waals surface area contributed by atoms with Crippen molar-refractivity contribution in [3.05, 3.63) is 59.2 Å². The van der Waals surface area contributed by atoms with E-state index in [2.05, 4.69) is 36.5 Å². The number of amides is 1. The minimum atomic E-state index is -0.235. The zero-order valence-electron chi connectivity index (χ0n) is 12.2. The Hall–Kier alpha value is -1.94. The van der Waals surface area contributed by atoms with E-state index in [-0.39, 0.29) is 11.7 Å². The van der Waals surface area contributed by atoms with Crippen LogP contribution >= 0.6 is 11.8 Å². The van der Waals surface area contributed by atoms with Gasteiger partial charge in [0.1, 0.15) is 5.75 Å². The number of hydrogen-bond acceptors (Lipinski definition) is 3. The molecule has 4 heteroatoms. The third kappa shape index (κ3) is 4.53. The summed E-state index contributed by atoms with van der Waals surface area (Å²) in [5.74, 6) is 0.575. The quantitative estimate of drug-likeness (QED) is 0.656. The van der Waals surface area contributed by atoms with Gasteiger partial charge in [-0.3, -0.25) is 4.79 Å². The van der Waals surface area contributed by atoms with Crippen molar-refractivity contribution in [2.24, 2.45) is 0 Å². The Balaban J connectivity index is 1.81. The van der Waals surface area contributed by atoms with E-state index in [1.165, 1.54) is 10.5 Å². The highest BCUT2D eigenvalue weighted by atomic mass is 32.2. The van der Waals surface area contributed by atoms with Crippen LogP contribution in [-0.4, -0.2) is 23.3 Å². The van der Waals surface area contributed by atoms with Crippen LogP contribution in [0.1, 0.15) is 21.5 Å². The molecule has 0 aliphatic heterocycles. The molecule has 110 valence electrons. The maximum atomic E-state index is 12.0. The highest BCUT2D eigenvalue weighted by molar-refractivity contribution is 7.99. The Kier molecular flexibility index (Phi) is 5.28. The van der Waals surface area contributed by atoms with E-state index in [9.17, 15) is 9.90 Å². The number of phenolic OH excluding ortho intramolecular Hbond substituents is 1. The Morgan fingerprint density at radius 2 is 1.76 bits per heavy atom. The van der Waals surface area contributed by atoms with E-state index in [1.54, 1.807) is 30.0 Å². The van der Waals surface area contributed by atoms with Crippen LogP contribution < -0.4 is 5.32 Å². The molecule has 21 heavy (non-hydrogen) atoms. The van der Waals surface area contributed by atoms with Crippen molar-refractivity contribution in [2.75, 3.05) is 12.3 Å². The average Bonchev–Trinajstić information content (AvgIpc) is 2.47. The molecule has 0 aromatic heterocycles. The number of hydrogen-bond donors (Lipinski definition) is 2. The summed E-state index contributed by atoms with van der Waals surface area (Å²) in [6, 6.07) is 13.3. The Morgan fingerprint density at radius 1 is 1.10 bits per heavy atom. The molecule has 0 unspecified atom stereocenters. The monoisotopic (exact) mass is 301 g/mol. The third-order valence-electron chi connectivity index (χ3n) is 3.07. The van der Waals surface area contributed by atoms with Crippen molar-refractivity contribution in [1.29, 1.82) is 0 Å².